The Bertz CT molecular complexity index is 613. The summed E-state index contributed by atoms with van der Waals surface area (Å²) in [5.74, 6) is -1.45. The fourth-order valence-electron chi connectivity index (χ4n) is 3.07. The summed E-state index contributed by atoms with van der Waals surface area (Å²) in [7, 11) is 0. The highest BCUT2D eigenvalue weighted by atomic mass is 16.6. The molecule has 0 bridgehead atoms. The van der Waals surface area contributed by atoms with E-state index in [2.05, 4.69) is 16.0 Å². The Morgan fingerprint density at radius 2 is 1.68 bits per heavy atom. The van der Waals surface area contributed by atoms with Crippen LogP contribution in [0.5, 0.6) is 0 Å². The van der Waals surface area contributed by atoms with Crippen molar-refractivity contribution in [3.63, 3.8) is 0 Å². The van der Waals surface area contributed by atoms with Gasteiger partial charge in [-0.3, -0.25) is 14.4 Å². The van der Waals surface area contributed by atoms with Crippen molar-refractivity contribution in [2.24, 2.45) is 5.73 Å². The highest BCUT2D eigenvalue weighted by Crippen LogP contribution is 2.20. The van der Waals surface area contributed by atoms with Gasteiger partial charge in [-0.2, -0.15) is 0 Å². The van der Waals surface area contributed by atoms with Crippen molar-refractivity contribution in [2.75, 3.05) is 13.1 Å². The number of nitrogens with two attached hydrogens (primary N) is 1. The van der Waals surface area contributed by atoms with Crippen LogP contribution in [0.3, 0.4) is 0 Å². The van der Waals surface area contributed by atoms with E-state index in [-0.39, 0.29) is 12.6 Å². The Morgan fingerprint density at radius 3 is 2.29 bits per heavy atom. The molecule has 0 spiro atoms. The smallest absolute Gasteiger partial charge is 0.407 e. The van der Waals surface area contributed by atoms with Crippen LogP contribution < -0.4 is 21.7 Å². The third-order valence-electron chi connectivity index (χ3n) is 4.71. The summed E-state index contributed by atoms with van der Waals surface area (Å²) in [5, 5.41) is 7.59. The van der Waals surface area contributed by atoms with E-state index in [1.54, 1.807) is 20.8 Å². The number of hydrogen-bond acceptors (Lipinski definition) is 7. The molecule has 178 valence electrons. The lowest BCUT2D eigenvalue weighted by Gasteiger charge is -2.22. The quantitative estimate of drug-likeness (QED) is 0.292. The van der Waals surface area contributed by atoms with Crippen LogP contribution in [0.25, 0.3) is 0 Å². The van der Waals surface area contributed by atoms with E-state index in [0.29, 0.717) is 19.4 Å². The van der Waals surface area contributed by atoms with Gasteiger partial charge in [0.15, 0.2) is 0 Å². The van der Waals surface area contributed by atoms with E-state index in [4.69, 9.17) is 15.2 Å². The molecule has 31 heavy (non-hydrogen) atoms. The molecule has 2 atom stereocenters. The number of carbonyl (C=O) groups excluding carboxylic acids is 4. The van der Waals surface area contributed by atoms with Crippen LogP contribution in [0.1, 0.15) is 72.6 Å². The van der Waals surface area contributed by atoms with Crippen molar-refractivity contribution < 1.29 is 28.7 Å². The number of nitrogens with one attached hydrogen (secondary N) is 3. The molecule has 1 fully saturated rings. The second-order valence-electron chi connectivity index (χ2n) is 8.88. The molecule has 1 saturated carbocycles. The fraction of sp³-hybridized carbons (Fsp3) is 0.810. The topological polar surface area (TPSA) is 149 Å². The molecule has 10 heteroatoms. The summed E-state index contributed by atoms with van der Waals surface area (Å²) >= 11 is 0. The zero-order valence-corrected chi connectivity index (χ0v) is 19.1. The van der Waals surface area contributed by atoms with Crippen molar-refractivity contribution in [1.29, 1.82) is 0 Å². The molecule has 0 aromatic heterocycles. The number of hydrogen-bond donors (Lipinski definition) is 4. The average Bonchev–Trinajstić information content (AvgIpc) is 2.68. The molecule has 0 radical (unpaired) electrons. The average molecular weight is 443 g/mol. The SMILES string of the molecule is C[C@@H](NC(=O)[C@H](N)CCCNC(=O)OC(C)(C)C)C(=O)NCC(=O)OC1CCCCC1. The minimum Gasteiger partial charge on any atom is -0.461 e. The summed E-state index contributed by atoms with van der Waals surface area (Å²) in [6, 6.07) is -1.67. The molecule has 3 amide bonds. The lowest BCUT2D eigenvalue weighted by atomic mass is 9.98. The fourth-order valence-corrected chi connectivity index (χ4v) is 3.07. The van der Waals surface area contributed by atoms with Gasteiger partial charge in [0, 0.05) is 6.54 Å². The molecule has 1 aliphatic carbocycles. The Hall–Kier alpha value is -2.36. The van der Waals surface area contributed by atoms with Gasteiger partial charge < -0.3 is 31.2 Å². The molecule has 0 unspecified atom stereocenters. The monoisotopic (exact) mass is 442 g/mol. The molecule has 0 saturated heterocycles. The molecule has 1 aliphatic rings. The Morgan fingerprint density at radius 1 is 1.03 bits per heavy atom. The lowest BCUT2D eigenvalue weighted by molar-refractivity contribution is -0.150. The first-order valence-corrected chi connectivity index (χ1v) is 11.0. The van der Waals surface area contributed by atoms with E-state index < -0.39 is 41.6 Å². The van der Waals surface area contributed by atoms with Crippen LogP contribution in [0.4, 0.5) is 4.79 Å². The second-order valence-corrected chi connectivity index (χ2v) is 8.88. The Kier molecular flexibility index (Phi) is 11.3. The first-order chi connectivity index (χ1) is 14.5. The van der Waals surface area contributed by atoms with Crippen molar-refractivity contribution in [2.45, 2.75) is 96.4 Å². The van der Waals surface area contributed by atoms with E-state index in [1.165, 1.54) is 6.92 Å². The maximum Gasteiger partial charge on any atom is 0.407 e. The lowest BCUT2D eigenvalue weighted by Crippen LogP contribution is -2.51. The zero-order chi connectivity index (χ0) is 23.4. The van der Waals surface area contributed by atoms with Gasteiger partial charge in [0.2, 0.25) is 11.8 Å². The largest absolute Gasteiger partial charge is 0.461 e. The van der Waals surface area contributed by atoms with Crippen LogP contribution in [0.2, 0.25) is 0 Å². The van der Waals surface area contributed by atoms with Crippen molar-refractivity contribution in [1.82, 2.24) is 16.0 Å². The number of ether oxygens (including phenoxy) is 2. The predicted molar refractivity (Wildman–Crippen MR) is 115 cm³/mol. The van der Waals surface area contributed by atoms with Gasteiger partial charge in [-0.25, -0.2) is 4.79 Å². The molecule has 0 aromatic carbocycles. The van der Waals surface area contributed by atoms with E-state index in [1.807, 2.05) is 0 Å². The van der Waals surface area contributed by atoms with Gasteiger partial charge in [0.1, 0.15) is 24.3 Å². The number of carbonyl (C=O) groups is 4. The highest BCUT2D eigenvalue weighted by molar-refractivity contribution is 5.90. The Labute approximate surface area is 184 Å². The molecule has 1 rings (SSSR count). The van der Waals surface area contributed by atoms with E-state index in [9.17, 15) is 19.2 Å². The molecule has 10 nitrogen and oxygen atoms in total. The maximum absolute atomic E-state index is 12.2. The summed E-state index contributed by atoms with van der Waals surface area (Å²) in [6.45, 7) is 6.89. The number of esters is 1. The summed E-state index contributed by atoms with van der Waals surface area (Å²) in [5.41, 5.74) is 5.27. The van der Waals surface area contributed by atoms with Gasteiger partial charge in [0.25, 0.3) is 0 Å². The third-order valence-corrected chi connectivity index (χ3v) is 4.71. The minimum absolute atomic E-state index is 0.0712. The Balaban J connectivity index is 2.21. The van der Waals surface area contributed by atoms with Crippen LogP contribution >= 0.6 is 0 Å². The molecule has 0 heterocycles. The third kappa shape index (κ3) is 12.2. The van der Waals surface area contributed by atoms with Crippen molar-refractivity contribution in [3.05, 3.63) is 0 Å². The van der Waals surface area contributed by atoms with Crippen LogP contribution in [-0.2, 0) is 23.9 Å². The predicted octanol–water partition coefficient (Wildman–Crippen LogP) is 1.12. The first kappa shape index (κ1) is 26.7. The van der Waals surface area contributed by atoms with Gasteiger partial charge in [-0.1, -0.05) is 6.42 Å². The van der Waals surface area contributed by atoms with Crippen LogP contribution in [0, 0.1) is 0 Å². The normalized spacial score (nSPS) is 16.5. The van der Waals surface area contributed by atoms with Crippen LogP contribution in [-0.4, -0.2) is 60.8 Å². The van der Waals surface area contributed by atoms with Gasteiger partial charge in [-0.15, -0.1) is 0 Å². The highest BCUT2D eigenvalue weighted by Gasteiger charge is 2.22. The van der Waals surface area contributed by atoms with Crippen LogP contribution in [0.15, 0.2) is 0 Å². The second kappa shape index (κ2) is 13.1. The molecular weight excluding hydrogens is 404 g/mol. The summed E-state index contributed by atoms with van der Waals surface area (Å²) in [4.78, 5) is 47.7. The summed E-state index contributed by atoms with van der Waals surface area (Å²) in [6.07, 6.45) is 5.16. The number of amides is 3. The standard InChI is InChI=1S/C21H38N4O6/c1-14(18(27)24-13-17(26)30-15-9-6-5-7-10-15)25-19(28)16(22)11-8-12-23-20(29)31-21(2,3)4/h14-16H,5-13,22H2,1-4H3,(H,23,29)(H,24,27)(H,25,28)/t14-,16-/m1/s1. The van der Waals surface area contributed by atoms with E-state index >= 15 is 0 Å². The number of rotatable bonds is 10. The van der Waals surface area contributed by atoms with Gasteiger partial charge in [-0.05, 0) is 66.2 Å². The van der Waals surface area contributed by atoms with E-state index in [0.717, 1.165) is 32.1 Å². The van der Waals surface area contributed by atoms with Gasteiger partial charge >= 0.3 is 12.1 Å². The van der Waals surface area contributed by atoms with Gasteiger partial charge in [0.05, 0.1) is 6.04 Å². The first-order valence-electron chi connectivity index (χ1n) is 11.0. The zero-order valence-electron chi connectivity index (χ0n) is 19.1. The molecule has 0 aromatic rings. The molecule has 0 aliphatic heterocycles. The molecule has 5 N–H and O–H groups in total. The summed E-state index contributed by atoms with van der Waals surface area (Å²) < 4.78 is 10.5. The number of alkyl carbamates (subject to hydrolysis) is 1. The van der Waals surface area contributed by atoms with Crippen molar-refractivity contribution in [3.8, 4) is 0 Å². The van der Waals surface area contributed by atoms with Crippen molar-refractivity contribution >= 4 is 23.9 Å². The molecular formula is C21H38N4O6. The maximum atomic E-state index is 12.2. The minimum atomic E-state index is -0.846.